The van der Waals surface area contributed by atoms with E-state index in [1.54, 1.807) is 23.9 Å². The van der Waals surface area contributed by atoms with Gasteiger partial charge in [-0.1, -0.05) is 32.4 Å². The predicted molar refractivity (Wildman–Crippen MR) is 82.0 cm³/mol. The third kappa shape index (κ3) is 4.56. The minimum absolute atomic E-state index is 0.104. The number of thioether (sulfide) groups is 1. The summed E-state index contributed by atoms with van der Waals surface area (Å²) in [6, 6.07) is 6.40. The van der Waals surface area contributed by atoms with Crippen LogP contribution in [0.15, 0.2) is 24.3 Å². The number of benzene rings is 1. The Morgan fingerprint density at radius 1 is 1.30 bits per heavy atom. The van der Waals surface area contributed by atoms with Gasteiger partial charge in [0.2, 0.25) is 0 Å². The first-order valence-corrected chi connectivity index (χ1v) is 8.00. The van der Waals surface area contributed by atoms with E-state index < -0.39 is 12.0 Å². The van der Waals surface area contributed by atoms with E-state index in [1.165, 1.54) is 0 Å². The largest absolute Gasteiger partial charge is 0.480 e. The molecule has 0 spiro atoms. The van der Waals surface area contributed by atoms with Crippen LogP contribution in [0.5, 0.6) is 0 Å². The predicted octanol–water partition coefficient (Wildman–Crippen LogP) is 2.78. The maximum atomic E-state index is 12.1. The number of carbonyl (C=O) groups excluding carboxylic acids is 1. The van der Waals surface area contributed by atoms with E-state index in [0.717, 1.165) is 11.3 Å². The highest BCUT2D eigenvalue weighted by atomic mass is 32.2. The Bertz CT molecular complexity index is 459. The second-order valence-electron chi connectivity index (χ2n) is 4.80. The molecular formula is C15H21NO3S. The van der Waals surface area contributed by atoms with Gasteiger partial charge in [-0.25, -0.2) is 4.79 Å². The number of carboxylic acid groups (broad SMARTS) is 1. The molecule has 1 aromatic carbocycles. The number of rotatable bonds is 7. The summed E-state index contributed by atoms with van der Waals surface area (Å²) in [5, 5.41) is 11.8. The number of hydrogen-bond donors (Lipinski definition) is 2. The first-order chi connectivity index (χ1) is 9.49. The van der Waals surface area contributed by atoms with E-state index in [4.69, 9.17) is 5.11 Å². The first kappa shape index (κ1) is 16.6. The molecule has 0 saturated heterocycles. The molecule has 20 heavy (non-hydrogen) atoms. The quantitative estimate of drug-likeness (QED) is 0.811. The Hall–Kier alpha value is -1.49. The van der Waals surface area contributed by atoms with Crippen LogP contribution in [0.1, 0.15) is 36.2 Å². The fourth-order valence-corrected chi connectivity index (χ4v) is 2.35. The van der Waals surface area contributed by atoms with Crippen LogP contribution in [0.25, 0.3) is 0 Å². The molecule has 2 N–H and O–H groups in total. The van der Waals surface area contributed by atoms with Gasteiger partial charge in [0.25, 0.3) is 5.91 Å². The van der Waals surface area contributed by atoms with E-state index in [2.05, 4.69) is 5.32 Å². The number of hydrogen-bond acceptors (Lipinski definition) is 3. The molecule has 0 aliphatic heterocycles. The summed E-state index contributed by atoms with van der Waals surface area (Å²) < 4.78 is 0. The van der Waals surface area contributed by atoms with Gasteiger partial charge in [-0.2, -0.15) is 11.8 Å². The summed E-state index contributed by atoms with van der Waals surface area (Å²) in [6.07, 6.45) is 2.72. The third-order valence-electron chi connectivity index (χ3n) is 3.29. The highest BCUT2D eigenvalue weighted by Gasteiger charge is 2.25. The topological polar surface area (TPSA) is 66.4 Å². The average Bonchev–Trinajstić information content (AvgIpc) is 2.44. The van der Waals surface area contributed by atoms with Crippen LogP contribution in [-0.2, 0) is 10.5 Å². The summed E-state index contributed by atoms with van der Waals surface area (Å²) in [7, 11) is 0. The second kappa shape index (κ2) is 7.94. The van der Waals surface area contributed by atoms with E-state index >= 15 is 0 Å². The van der Waals surface area contributed by atoms with Crippen molar-refractivity contribution >= 4 is 23.6 Å². The van der Waals surface area contributed by atoms with E-state index in [-0.39, 0.29) is 11.8 Å². The van der Waals surface area contributed by atoms with Crippen molar-refractivity contribution in [3.8, 4) is 0 Å². The molecule has 110 valence electrons. The Kier molecular flexibility index (Phi) is 6.58. The highest BCUT2D eigenvalue weighted by molar-refractivity contribution is 7.97. The normalized spacial score (nSPS) is 13.6. The molecule has 1 rings (SSSR count). The first-order valence-electron chi connectivity index (χ1n) is 6.61. The number of aliphatic carboxylic acids is 1. The SMILES string of the molecule is CC[C@H](C)[C@H](NC(=O)c1ccc(CSC)cc1)C(=O)O. The van der Waals surface area contributed by atoms with Crippen LogP contribution in [-0.4, -0.2) is 29.3 Å². The van der Waals surface area contributed by atoms with Crippen molar-refractivity contribution in [3.63, 3.8) is 0 Å². The monoisotopic (exact) mass is 295 g/mol. The molecule has 0 saturated carbocycles. The van der Waals surface area contributed by atoms with Gasteiger partial charge < -0.3 is 10.4 Å². The van der Waals surface area contributed by atoms with Crippen LogP contribution in [0, 0.1) is 5.92 Å². The van der Waals surface area contributed by atoms with Crippen molar-refractivity contribution in [2.75, 3.05) is 6.26 Å². The van der Waals surface area contributed by atoms with Crippen LogP contribution in [0.4, 0.5) is 0 Å². The zero-order chi connectivity index (χ0) is 15.1. The van der Waals surface area contributed by atoms with Gasteiger partial charge in [0, 0.05) is 11.3 Å². The summed E-state index contributed by atoms with van der Waals surface area (Å²) >= 11 is 1.71. The molecule has 0 aliphatic carbocycles. The summed E-state index contributed by atoms with van der Waals surface area (Å²) in [5.74, 6) is -0.542. The van der Waals surface area contributed by atoms with Crippen molar-refractivity contribution in [2.24, 2.45) is 5.92 Å². The maximum absolute atomic E-state index is 12.1. The van der Waals surface area contributed by atoms with Crippen molar-refractivity contribution in [3.05, 3.63) is 35.4 Å². The molecule has 1 aromatic rings. The molecule has 0 radical (unpaired) electrons. The smallest absolute Gasteiger partial charge is 0.326 e. The number of nitrogens with one attached hydrogen (secondary N) is 1. The maximum Gasteiger partial charge on any atom is 0.326 e. The summed E-state index contributed by atoms with van der Waals surface area (Å²) in [4.78, 5) is 23.3. The Morgan fingerprint density at radius 2 is 1.90 bits per heavy atom. The molecule has 0 bridgehead atoms. The van der Waals surface area contributed by atoms with E-state index in [0.29, 0.717) is 12.0 Å². The fraction of sp³-hybridized carbons (Fsp3) is 0.467. The van der Waals surface area contributed by atoms with E-state index in [9.17, 15) is 9.59 Å². The molecule has 4 nitrogen and oxygen atoms in total. The number of carboxylic acids is 1. The molecule has 1 amide bonds. The Morgan fingerprint density at radius 3 is 2.35 bits per heavy atom. The lowest BCUT2D eigenvalue weighted by molar-refractivity contribution is -0.140. The number of amides is 1. The highest BCUT2D eigenvalue weighted by Crippen LogP contribution is 2.12. The second-order valence-corrected chi connectivity index (χ2v) is 5.67. The standard InChI is InChI=1S/C15H21NO3S/c1-4-10(2)13(15(18)19)16-14(17)12-7-5-11(6-8-12)9-20-3/h5-8,10,13H,4,9H2,1-3H3,(H,16,17)(H,18,19)/t10-,13-/m0/s1. The summed E-state index contributed by atoms with van der Waals surface area (Å²) in [6.45, 7) is 3.73. The minimum Gasteiger partial charge on any atom is -0.480 e. The molecule has 0 unspecified atom stereocenters. The zero-order valence-electron chi connectivity index (χ0n) is 12.1. The third-order valence-corrected chi connectivity index (χ3v) is 3.91. The van der Waals surface area contributed by atoms with Gasteiger partial charge in [-0.3, -0.25) is 4.79 Å². The zero-order valence-corrected chi connectivity index (χ0v) is 12.9. The van der Waals surface area contributed by atoms with E-state index in [1.807, 2.05) is 32.2 Å². The molecular weight excluding hydrogens is 274 g/mol. The Labute approximate surface area is 124 Å². The van der Waals surface area contributed by atoms with Crippen molar-refractivity contribution in [2.45, 2.75) is 32.1 Å². The average molecular weight is 295 g/mol. The fourth-order valence-electron chi connectivity index (χ4n) is 1.83. The van der Waals surface area contributed by atoms with Gasteiger partial charge in [-0.05, 0) is 29.9 Å². The lowest BCUT2D eigenvalue weighted by atomic mass is 9.99. The molecule has 5 heteroatoms. The number of carbonyl (C=O) groups is 2. The minimum atomic E-state index is -0.994. The van der Waals surface area contributed by atoms with Crippen molar-refractivity contribution in [1.82, 2.24) is 5.32 Å². The van der Waals surface area contributed by atoms with Gasteiger partial charge in [0.1, 0.15) is 6.04 Å². The molecule has 0 fully saturated rings. The molecule has 0 heterocycles. The van der Waals surface area contributed by atoms with Crippen molar-refractivity contribution < 1.29 is 14.7 Å². The molecule has 0 aromatic heterocycles. The molecule has 2 atom stereocenters. The van der Waals surface area contributed by atoms with Gasteiger partial charge in [0.05, 0.1) is 0 Å². The van der Waals surface area contributed by atoms with Crippen LogP contribution in [0.2, 0.25) is 0 Å². The van der Waals surface area contributed by atoms with Crippen LogP contribution < -0.4 is 5.32 Å². The summed E-state index contributed by atoms with van der Waals surface area (Å²) in [5.41, 5.74) is 1.63. The van der Waals surface area contributed by atoms with Crippen LogP contribution in [0.3, 0.4) is 0 Å². The van der Waals surface area contributed by atoms with Crippen molar-refractivity contribution in [1.29, 1.82) is 0 Å². The van der Waals surface area contributed by atoms with Gasteiger partial charge >= 0.3 is 5.97 Å². The van der Waals surface area contributed by atoms with Gasteiger partial charge in [-0.15, -0.1) is 0 Å². The molecule has 0 aliphatic rings. The van der Waals surface area contributed by atoms with Crippen LogP contribution >= 0.6 is 11.8 Å². The van der Waals surface area contributed by atoms with Gasteiger partial charge in [0.15, 0.2) is 0 Å². The lowest BCUT2D eigenvalue weighted by Gasteiger charge is -2.20. The Balaban J connectivity index is 2.76. The lowest BCUT2D eigenvalue weighted by Crippen LogP contribution is -2.45.